The van der Waals surface area contributed by atoms with Crippen LogP contribution in [0, 0.1) is 0 Å². The molecule has 0 aliphatic rings. The predicted octanol–water partition coefficient (Wildman–Crippen LogP) is 2.38. The number of H-pyrrole nitrogens is 1. The van der Waals surface area contributed by atoms with E-state index in [0.29, 0.717) is 29.5 Å². The summed E-state index contributed by atoms with van der Waals surface area (Å²) in [4.78, 5) is 17.7. The zero-order valence-corrected chi connectivity index (χ0v) is 14.8. The van der Waals surface area contributed by atoms with Gasteiger partial charge in [0.25, 0.3) is 5.91 Å². The smallest absolute Gasteiger partial charge is 0.269 e. The molecule has 0 atom stereocenters. The highest BCUT2D eigenvalue weighted by molar-refractivity contribution is 7.09. The number of nitrogens with one attached hydrogen (secondary N) is 2. The van der Waals surface area contributed by atoms with Gasteiger partial charge >= 0.3 is 0 Å². The highest BCUT2D eigenvalue weighted by atomic mass is 32.1. The van der Waals surface area contributed by atoms with Crippen molar-refractivity contribution >= 4 is 17.2 Å². The number of amides is 1. The average molecular weight is 368 g/mol. The van der Waals surface area contributed by atoms with E-state index in [9.17, 15) is 4.79 Å². The number of carbonyl (C=O) groups is 1. The summed E-state index contributed by atoms with van der Waals surface area (Å²) in [5, 5.41) is 15.6. The minimum absolute atomic E-state index is 0.161. The molecule has 0 aliphatic carbocycles. The molecule has 8 nitrogen and oxygen atoms in total. The lowest BCUT2D eigenvalue weighted by atomic mass is 10.3. The second-order valence-electron chi connectivity index (χ2n) is 5.71. The maximum atomic E-state index is 12.3. The van der Waals surface area contributed by atoms with Gasteiger partial charge in [0.2, 0.25) is 5.89 Å². The lowest BCUT2D eigenvalue weighted by Gasteiger charge is -1.99. The Hall–Kier alpha value is -3.20. The summed E-state index contributed by atoms with van der Waals surface area (Å²) >= 11 is 1.64. The van der Waals surface area contributed by atoms with Crippen molar-refractivity contribution in [2.75, 3.05) is 0 Å². The molecule has 0 bridgehead atoms. The number of hydrogen-bond donors (Lipinski definition) is 2. The standard InChI is InChI=1S/C17H16N6O2S/c1-23-6-2-5-14(23)12-9-13(21-20-12)17(24)18-10-16-19-15(22-25-16)8-11-4-3-7-26-11/h2-7,9H,8,10H2,1H3,(H,18,24)(H,20,21). The van der Waals surface area contributed by atoms with Crippen molar-refractivity contribution in [3.8, 4) is 11.4 Å². The molecule has 4 aromatic rings. The van der Waals surface area contributed by atoms with Gasteiger partial charge in [-0.2, -0.15) is 10.1 Å². The third-order valence-electron chi connectivity index (χ3n) is 3.85. The molecule has 0 unspecified atom stereocenters. The van der Waals surface area contributed by atoms with E-state index in [1.54, 1.807) is 17.4 Å². The summed E-state index contributed by atoms with van der Waals surface area (Å²) < 4.78 is 7.12. The van der Waals surface area contributed by atoms with Crippen LogP contribution in [0.1, 0.15) is 27.1 Å². The van der Waals surface area contributed by atoms with Crippen molar-refractivity contribution in [3.63, 3.8) is 0 Å². The Kier molecular flexibility index (Phi) is 4.36. The van der Waals surface area contributed by atoms with Crippen LogP contribution in [0.25, 0.3) is 11.4 Å². The minimum atomic E-state index is -0.282. The monoisotopic (exact) mass is 368 g/mol. The molecule has 4 rings (SSSR count). The second kappa shape index (κ2) is 6.96. The number of hydrogen-bond acceptors (Lipinski definition) is 6. The van der Waals surface area contributed by atoms with Gasteiger partial charge < -0.3 is 14.4 Å². The van der Waals surface area contributed by atoms with Crippen molar-refractivity contribution in [1.29, 1.82) is 0 Å². The van der Waals surface area contributed by atoms with E-state index in [1.165, 1.54) is 0 Å². The van der Waals surface area contributed by atoms with Crippen LogP contribution in [0.3, 0.4) is 0 Å². The van der Waals surface area contributed by atoms with Crippen LogP contribution < -0.4 is 5.32 Å². The maximum Gasteiger partial charge on any atom is 0.269 e. The zero-order chi connectivity index (χ0) is 17.9. The van der Waals surface area contributed by atoms with Crippen molar-refractivity contribution in [1.82, 2.24) is 30.2 Å². The first-order valence-electron chi connectivity index (χ1n) is 7.98. The van der Waals surface area contributed by atoms with Gasteiger partial charge in [-0.1, -0.05) is 11.2 Å². The molecule has 0 aromatic carbocycles. The van der Waals surface area contributed by atoms with Crippen molar-refractivity contribution in [2.24, 2.45) is 7.05 Å². The molecule has 0 radical (unpaired) electrons. The number of rotatable bonds is 6. The molecule has 9 heteroatoms. The summed E-state index contributed by atoms with van der Waals surface area (Å²) in [6.07, 6.45) is 2.54. The van der Waals surface area contributed by atoms with Crippen molar-refractivity contribution in [3.05, 3.63) is 64.2 Å². The number of aromatic nitrogens is 5. The Balaban J connectivity index is 1.36. The largest absolute Gasteiger partial charge is 0.349 e. The third-order valence-corrected chi connectivity index (χ3v) is 4.73. The molecule has 0 fully saturated rings. The van der Waals surface area contributed by atoms with E-state index in [0.717, 1.165) is 10.6 Å². The summed E-state index contributed by atoms with van der Waals surface area (Å²) in [6, 6.07) is 9.57. The molecule has 4 heterocycles. The fourth-order valence-corrected chi connectivity index (χ4v) is 3.25. The Bertz CT molecular complexity index is 1010. The van der Waals surface area contributed by atoms with Gasteiger partial charge in [-0.05, 0) is 29.6 Å². The number of carbonyl (C=O) groups excluding carboxylic acids is 1. The van der Waals surface area contributed by atoms with Crippen LogP contribution in [0.4, 0.5) is 0 Å². The maximum absolute atomic E-state index is 12.3. The molecule has 26 heavy (non-hydrogen) atoms. The molecule has 2 N–H and O–H groups in total. The molecule has 0 saturated heterocycles. The van der Waals surface area contributed by atoms with Crippen LogP contribution in [0.2, 0.25) is 0 Å². The van der Waals surface area contributed by atoms with E-state index in [-0.39, 0.29) is 12.5 Å². The highest BCUT2D eigenvalue weighted by Gasteiger charge is 2.14. The van der Waals surface area contributed by atoms with E-state index < -0.39 is 0 Å². The highest BCUT2D eigenvalue weighted by Crippen LogP contribution is 2.17. The second-order valence-corrected chi connectivity index (χ2v) is 6.75. The topological polar surface area (TPSA) is 102 Å². The van der Waals surface area contributed by atoms with E-state index in [4.69, 9.17) is 4.52 Å². The third kappa shape index (κ3) is 3.42. The summed E-state index contributed by atoms with van der Waals surface area (Å²) in [7, 11) is 1.92. The van der Waals surface area contributed by atoms with Crippen molar-refractivity contribution < 1.29 is 9.32 Å². The quantitative estimate of drug-likeness (QED) is 0.544. The van der Waals surface area contributed by atoms with Gasteiger partial charge in [-0.3, -0.25) is 9.89 Å². The van der Waals surface area contributed by atoms with Gasteiger partial charge in [0.1, 0.15) is 11.4 Å². The van der Waals surface area contributed by atoms with Gasteiger partial charge in [-0.25, -0.2) is 0 Å². The summed E-state index contributed by atoms with van der Waals surface area (Å²) in [5.74, 6) is 0.687. The van der Waals surface area contributed by atoms with Gasteiger partial charge in [0, 0.05) is 24.5 Å². The van der Waals surface area contributed by atoms with Crippen LogP contribution >= 0.6 is 11.3 Å². The molecule has 0 spiro atoms. The Morgan fingerprint density at radius 2 is 2.31 bits per heavy atom. The van der Waals surface area contributed by atoms with Crippen LogP contribution in [-0.2, 0) is 20.0 Å². The first-order chi connectivity index (χ1) is 12.7. The molecule has 0 aliphatic heterocycles. The molecule has 4 aromatic heterocycles. The number of nitrogens with zero attached hydrogens (tertiary/aromatic N) is 4. The zero-order valence-electron chi connectivity index (χ0n) is 14.0. The van der Waals surface area contributed by atoms with Gasteiger partial charge in [-0.15, -0.1) is 11.3 Å². The van der Waals surface area contributed by atoms with Gasteiger partial charge in [0.15, 0.2) is 5.82 Å². The molecule has 132 valence electrons. The van der Waals surface area contributed by atoms with Crippen LogP contribution in [0.15, 0.2) is 46.4 Å². The van der Waals surface area contributed by atoms with E-state index in [2.05, 4.69) is 25.7 Å². The lowest BCUT2D eigenvalue weighted by Crippen LogP contribution is -2.23. The van der Waals surface area contributed by atoms with E-state index in [1.807, 2.05) is 47.5 Å². The normalized spacial score (nSPS) is 11.0. The van der Waals surface area contributed by atoms with Crippen LogP contribution in [-0.4, -0.2) is 30.8 Å². The number of aromatic amines is 1. The first kappa shape index (κ1) is 16.3. The number of thiophene rings is 1. The van der Waals surface area contributed by atoms with Crippen molar-refractivity contribution in [2.45, 2.75) is 13.0 Å². The van der Waals surface area contributed by atoms with Crippen LogP contribution in [0.5, 0.6) is 0 Å². The first-order valence-corrected chi connectivity index (χ1v) is 8.86. The Morgan fingerprint density at radius 1 is 1.38 bits per heavy atom. The molecular weight excluding hydrogens is 352 g/mol. The lowest BCUT2D eigenvalue weighted by molar-refractivity contribution is 0.0941. The molecule has 0 saturated carbocycles. The summed E-state index contributed by atoms with van der Waals surface area (Å²) in [5.41, 5.74) is 2.01. The SMILES string of the molecule is Cn1cccc1-c1cc(C(=O)NCc2nc(Cc3cccs3)no2)[nH]n1. The van der Waals surface area contributed by atoms with Gasteiger partial charge in [0.05, 0.1) is 12.2 Å². The Morgan fingerprint density at radius 3 is 3.08 bits per heavy atom. The fourth-order valence-electron chi connectivity index (χ4n) is 2.55. The summed E-state index contributed by atoms with van der Waals surface area (Å²) in [6.45, 7) is 0.161. The average Bonchev–Trinajstić information content (AvgIpc) is 3.41. The number of aryl methyl sites for hydroxylation is 1. The Labute approximate surface area is 152 Å². The molecule has 1 amide bonds. The molecular formula is C17H16N6O2S. The van der Waals surface area contributed by atoms with E-state index >= 15 is 0 Å². The fraction of sp³-hybridized carbons (Fsp3) is 0.176. The minimum Gasteiger partial charge on any atom is -0.349 e. The predicted molar refractivity (Wildman–Crippen MR) is 95.6 cm³/mol.